The molecule has 1 aliphatic carbocycles. The van der Waals surface area contributed by atoms with Gasteiger partial charge in [-0.3, -0.25) is 4.90 Å². The number of rotatable bonds is 5. The number of imidazole rings is 1. The summed E-state index contributed by atoms with van der Waals surface area (Å²) in [7, 11) is 0. The average molecular weight is 232 g/mol. The van der Waals surface area contributed by atoms with E-state index in [4.69, 9.17) is 0 Å². The first-order valence-corrected chi connectivity index (χ1v) is 6.49. The Hall–Kier alpha value is -1.29. The number of anilines is 1. The van der Waals surface area contributed by atoms with E-state index in [0.29, 0.717) is 6.04 Å². The number of allylic oxidation sites excluding steroid dienone is 1. The number of likely N-dealkylation sites (tertiary alicyclic amines) is 1. The van der Waals surface area contributed by atoms with Crippen LogP contribution < -0.4 is 5.32 Å². The van der Waals surface area contributed by atoms with E-state index in [2.05, 4.69) is 26.3 Å². The van der Waals surface area contributed by atoms with Crippen molar-refractivity contribution in [2.75, 3.05) is 18.4 Å². The van der Waals surface area contributed by atoms with Crippen LogP contribution in [0.2, 0.25) is 0 Å². The molecule has 1 N–H and O–H groups in total. The summed E-state index contributed by atoms with van der Waals surface area (Å²) >= 11 is 0. The summed E-state index contributed by atoms with van der Waals surface area (Å²) in [5, 5.41) is 3.55. The molecule has 1 unspecified atom stereocenters. The third-order valence-corrected chi connectivity index (χ3v) is 3.66. The lowest BCUT2D eigenvalue weighted by atomic mass is 10.3. The Morgan fingerprint density at radius 2 is 2.35 bits per heavy atom. The minimum absolute atomic E-state index is 0.557. The average Bonchev–Trinajstić information content (AvgIpc) is 2.93. The van der Waals surface area contributed by atoms with E-state index in [9.17, 15) is 0 Å². The molecule has 2 fully saturated rings. The second kappa shape index (κ2) is 4.53. The SMILES string of the molecule is C=CCn1ccnc1NC1CCN(C2CC2)C1. The predicted octanol–water partition coefficient (Wildman–Crippen LogP) is 1.72. The van der Waals surface area contributed by atoms with Crippen LogP contribution in [-0.4, -0.2) is 39.6 Å². The molecule has 0 spiro atoms. The molecule has 1 saturated carbocycles. The predicted molar refractivity (Wildman–Crippen MR) is 69.0 cm³/mol. The molecule has 2 aliphatic rings. The Kier molecular flexibility index (Phi) is 2.89. The zero-order valence-corrected chi connectivity index (χ0v) is 10.2. The van der Waals surface area contributed by atoms with Crippen LogP contribution in [0.3, 0.4) is 0 Å². The Morgan fingerprint density at radius 3 is 3.12 bits per heavy atom. The van der Waals surface area contributed by atoms with Gasteiger partial charge in [-0.25, -0.2) is 4.98 Å². The molecule has 0 radical (unpaired) electrons. The first-order valence-electron chi connectivity index (χ1n) is 6.49. The molecule has 4 nitrogen and oxygen atoms in total. The highest BCUT2D eigenvalue weighted by Gasteiger charge is 2.34. The van der Waals surface area contributed by atoms with Crippen molar-refractivity contribution in [3.05, 3.63) is 25.0 Å². The van der Waals surface area contributed by atoms with Gasteiger partial charge in [-0.1, -0.05) is 6.08 Å². The van der Waals surface area contributed by atoms with Crippen LogP contribution in [0.4, 0.5) is 5.95 Å². The van der Waals surface area contributed by atoms with Crippen molar-refractivity contribution in [1.82, 2.24) is 14.5 Å². The summed E-state index contributed by atoms with van der Waals surface area (Å²) in [5.41, 5.74) is 0. The number of nitrogens with zero attached hydrogens (tertiary/aromatic N) is 3. The number of nitrogens with one attached hydrogen (secondary N) is 1. The molecular formula is C13H20N4. The summed E-state index contributed by atoms with van der Waals surface area (Å²) < 4.78 is 2.10. The standard InChI is InChI=1S/C13H20N4/c1-2-7-16-9-6-14-13(16)15-11-5-8-17(10-11)12-3-4-12/h2,6,9,11-12H,1,3-5,7-8,10H2,(H,14,15). The van der Waals surface area contributed by atoms with E-state index in [1.54, 1.807) is 0 Å². The summed E-state index contributed by atoms with van der Waals surface area (Å²) in [5.74, 6) is 0.979. The van der Waals surface area contributed by atoms with Gasteiger partial charge in [0, 0.05) is 44.1 Å². The van der Waals surface area contributed by atoms with Crippen molar-refractivity contribution in [2.45, 2.75) is 37.9 Å². The zero-order chi connectivity index (χ0) is 11.7. The van der Waals surface area contributed by atoms with Crippen LogP contribution in [-0.2, 0) is 6.54 Å². The molecule has 0 amide bonds. The quantitative estimate of drug-likeness (QED) is 0.785. The van der Waals surface area contributed by atoms with Gasteiger partial charge in [0.15, 0.2) is 0 Å². The van der Waals surface area contributed by atoms with Crippen molar-refractivity contribution in [2.24, 2.45) is 0 Å². The first kappa shape index (κ1) is 10.8. The molecule has 92 valence electrons. The lowest BCUT2D eigenvalue weighted by Crippen LogP contribution is -2.28. The van der Waals surface area contributed by atoms with Gasteiger partial charge in [-0.2, -0.15) is 0 Å². The Balaban J connectivity index is 1.59. The van der Waals surface area contributed by atoms with Crippen LogP contribution in [0.5, 0.6) is 0 Å². The topological polar surface area (TPSA) is 33.1 Å². The van der Waals surface area contributed by atoms with Crippen molar-refractivity contribution in [1.29, 1.82) is 0 Å². The first-order chi connectivity index (χ1) is 8.36. The van der Waals surface area contributed by atoms with Crippen molar-refractivity contribution < 1.29 is 0 Å². The molecule has 1 aromatic rings. The third-order valence-electron chi connectivity index (χ3n) is 3.66. The zero-order valence-electron chi connectivity index (χ0n) is 10.2. The maximum Gasteiger partial charge on any atom is 0.203 e. The smallest absolute Gasteiger partial charge is 0.203 e. The van der Waals surface area contributed by atoms with Gasteiger partial charge < -0.3 is 9.88 Å². The molecular weight excluding hydrogens is 212 g/mol. The second-order valence-electron chi connectivity index (χ2n) is 5.05. The van der Waals surface area contributed by atoms with E-state index in [1.807, 2.05) is 18.5 Å². The summed E-state index contributed by atoms with van der Waals surface area (Å²) in [6.07, 6.45) is 9.78. The number of hydrogen-bond donors (Lipinski definition) is 1. The maximum absolute atomic E-state index is 4.37. The normalized spacial score (nSPS) is 25.1. The highest BCUT2D eigenvalue weighted by Crippen LogP contribution is 2.30. The van der Waals surface area contributed by atoms with Gasteiger partial charge in [0.1, 0.15) is 0 Å². The van der Waals surface area contributed by atoms with E-state index in [-0.39, 0.29) is 0 Å². The van der Waals surface area contributed by atoms with Crippen LogP contribution in [0.15, 0.2) is 25.0 Å². The van der Waals surface area contributed by atoms with E-state index >= 15 is 0 Å². The van der Waals surface area contributed by atoms with Gasteiger partial charge in [-0.05, 0) is 19.3 Å². The van der Waals surface area contributed by atoms with E-state index in [0.717, 1.165) is 18.5 Å². The van der Waals surface area contributed by atoms with E-state index in [1.165, 1.54) is 32.4 Å². The molecule has 17 heavy (non-hydrogen) atoms. The minimum atomic E-state index is 0.557. The molecule has 3 rings (SSSR count). The lowest BCUT2D eigenvalue weighted by Gasteiger charge is -2.16. The molecule has 1 aliphatic heterocycles. The fraction of sp³-hybridized carbons (Fsp3) is 0.615. The van der Waals surface area contributed by atoms with Crippen molar-refractivity contribution in [3.63, 3.8) is 0 Å². The monoisotopic (exact) mass is 232 g/mol. The Bertz CT molecular complexity index is 394. The van der Waals surface area contributed by atoms with E-state index < -0.39 is 0 Å². The fourth-order valence-electron chi connectivity index (χ4n) is 2.59. The molecule has 0 aromatic carbocycles. The highest BCUT2D eigenvalue weighted by molar-refractivity contribution is 5.28. The number of hydrogen-bond acceptors (Lipinski definition) is 3. The molecule has 1 aromatic heterocycles. The largest absolute Gasteiger partial charge is 0.352 e. The second-order valence-corrected chi connectivity index (χ2v) is 5.05. The van der Waals surface area contributed by atoms with Crippen molar-refractivity contribution in [3.8, 4) is 0 Å². The van der Waals surface area contributed by atoms with Gasteiger partial charge in [0.2, 0.25) is 5.95 Å². The Labute approximate surface area is 102 Å². The van der Waals surface area contributed by atoms with Crippen molar-refractivity contribution >= 4 is 5.95 Å². The molecule has 1 saturated heterocycles. The lowest BCUT2D eigenvalue weighted by molar-refractivity contribution is 0.326. The summed E-state index contributed by atoms with van der Waals surface area (Å²) in [6.45, 7) is 7.00. The minimum Gasteiger partial charge on any atom is -0.352 e. The number of aromatic nitrogens is 2. The summed E-state index contributed by atoms with van der Waals surface area (Å²) in [6, 6.07) is 1.44. The molecule has 2 heterocycles. The maximum atomic E-state index is 4.37. The third kappa shape index (κ3) is 2.36. The van der Waals surface area contributed by atoms with Crippen LogP contribution in [0.25, 0.3) is 0 Å². The molecule has 1 atom stereocenters. The van der Waals surface area contributed by atoms with Crippen LogP contribution in [0, 0.1) is 0 Å². The summed E-state index contributed by atoms with van der Waals surface area (Å²) in [4.78, 5) is 6.98. The molecule has 0 bridgehead atoms. The van der Waals surface area contributed by atoms with Gasteiger partial charge in [0.05, 0.1) is 0 Å². The van der Waals surface area contributed by atoms with Gasteiger partial charge in [-0.15, -0.1) is 6.58 Å². The fourth-order valence-corrected chi connectivity index (χ4v) is 2.59. The van der Waals surface area contributed by atoms with Crippen LogP contribution in [0.1, 0.15) is 19.3 Å². The highest BCUT2D eigenvalue weighted by atomic mass is 15.3. The molecule has 4 heteroatoms. The van der Waals surface area contributed by atoms with Gasteiger partial charge in [0.25, 0.3) is 0 Å². The Morgan fingerprint density at radius 1 is 1.47 bits per heavy atom. The van der Waals surface area contributed by atoms with Gasteiger partial charge >= 0.3 is 0 Å². The van der Waals surface area contributed by atoms with Crippen LogP contribution >= 0.6 is 0 Å².